The minimum Gasteiger partial charge on any atom is -0.512 e. The predicted molar refractivity (Wildman–Crippen MR) is 80.9 cm³/mol. The number of hydrogen-bond donors (Lipinski definition) is 1. The molecule has 0 amide bonds. The van der Waals surface area contributed by atoms with Gasteiger partial charge in [0.15, 0.2) is 0 Å². The van der Waals surface area contributed by atoms with Gasteiger partial charge in [-0.15, -0.1) is 0 Å². The minimum absolute atomic E-state index is 1.18. The van der Waals surface area contributed by atoms with Crippen LogP contribution in [0.2, 0.25) is 0 Å². The zero-order valence-corrected chi connectivity index (χ0v) is 12.8. The van der Waals surface area contributed by atoms with Gasteiger partial charge in [0.25, 0.3) is 0 Å². The molecule has 0 radical (unpaired) electrons. The maximum atomic E-state index is 6.25. The van der Waals surface area contributed by atoms with Crippen molar-refractivity contribution in [1.29, 1.82) is 5.26 Å². The molecular formula is C17H30N2. The number of quaternary nitrogens is 1. The molecule has 0 saturated carbocycles. The normalized spacial score (nSPS) is 16.8. The third-order valence-corrected chi connectivity index (χ3v) is 3.61. The summed E-state index contributed by atoms with van der Waals surface area (Å²) in [6.07, 6.45) is 19.5. The number of allylic oxidation sites excluding steroid dienone is 2. The molecular weight excluding hydrogens is 232 g/mol. The van der Waals surface area contributed by atoms with E-state index in [4.69, 9.17) is 11.8 Å². The number of nitrogens with one attached hydrogen (secondary N) is 1. The van der Waals surface area contributed by atoms with E-state index in [1.165, 1.54) is 69.9 Å². The third kappa shape index (κ3) is 9.50. The average Bonchev–Trinajstić information content (AvgIpc) is 2.92. The Morgan fingerprint density at radius 2 is 1.53 bits per heavy atom. The first-order valence-electron chi connectivity index (χ1n) is 7.83. The van der Waals surface area contributed by atoms with E-state index >= 15 is 0 Å². The Hall–Kier alpha value is -1.07. The van der Waals surface area contributed by atoms with Crippen LogP contribution < -0.4 is 4.90 Å². The molecule has 2 nitrogen and oxygen atoms in total. The quantitative estimate of drug-likeness (QED) is 0.469. The van der Waals surface area contributed by atoms with Crippen LogP contribution in [0.1, 0.15) is 71.6 Å². The molecule has 1 aliphatic heterocycles. The highest BCUT2D eigenvalue weighted by atomic mass is 15.1. The van der Waals surface area contributed by atoms with Gasteiger partial charge in [0.1, 0.15) is 6.20 Å². The number of hydrogen-bond acceptors (Lipinski definition) is 1. The van der Waals surface area contributed by atoms with Gasteiger partial charge >= 0.3 is 0 Å². The SMILES string of the molecule is CCCCCCCCCC[NH+]1C=CC(CC)=C1.[C-]#N. The van der Waals surface area contributed by atoms with Crippen molar-refractivity contribution in [1.82, 2.24) is 0 Å². The van der Waals surface area contributed by atoms with E-state index in [0.29, 0.717) is 0 Å². The zero-order valence-electron chi connectivity index (χ0n) is 12.8. The second-order valence-corrected chi connectivity index (χ2v) is 5.21. The van der Waals surface area contributed by atoms with Crippen molar-refractivity contribution in [2.45, 2.75) is 71.6 Å². The highest BCUT2D eigenvalue weighted by Crippen LogP contribution is 2.08. The highest BCUT2D eigenvalue weighted by Gasteiger charge is 2.08. The van der Waals surface area contributed by atoms with Crippen LogP contribution in [0.5, 0.6) is 0 Å². The topological polar surface area (TPSA) is 28.2 Å². The first-order chi connectivity index (χ1) is 9.36. The molecule has 0 spiro atoms. The fraction of sp³-hybridized carbons (Fsp3) is 0.706. The summed E-state index contributed by atoms with van der Waals surface area (Å²) in [5.74, 6) is 0. The Labute approximate surface area is 119 Å². The molecule has 1 atom stereocenters. The summed E-state index contributed by atoms with van der Waals surface area (Å²) in [5.41, 5.74) is 1.50. The molecule has 1 unspecified atom stereocenters. The van der Waals surface area contributed by atoms with Gasteiger partial charge in [-0.2, -0.15) is 0 Å². The van der Waals surface area contributed by atoms with Crippen molar-refractivity contribution in [2.24, 2.45) is 0 Å². The first kappa shape index (κ1) is 17.9. The largest absolute Gasteiger partial charge is 0.512 e. The van der Waals surface area contributed by atoms with Crippen LogP contribution in [0.25, 0.3) is 0 Å². The molecule has 0 aliphatic carbocycles. The molecule has 0 aromatic carbocycles. The lowest BCUT2D eigenvalue weighted by Crippen LogP contribution is -3.01. The van der Waals surface area contributed by atoms with E-state index in [1.54, 1.807) is 4.90 Å². The molecule has 1 heterocycles. The smallest absolute Gasteiger partial charge is 0.102 e. The van der Waals surface area contributed by atoms with Crippen LogP contribution in [0.15, 0.2) is 24.0 Å². The summed E-state index contributed by atoms with van der Waals surface area (Å²) >= 11 is 0. The van der Waals surface area contributed by atoms with Gasteiger partial charge in [-0.05, 0) is 19.3 Å². The minimum atomic E-state index is 1.18. The van der Waals surface area contributed by atoms with Gasteiger partial charge in [0.05, 0.1) is 12.7 Å². The lowest BCUT2D eigenvalue weighted by molar-refractivity contribution is -0.788. The van der Waals surface area contributed by atoms with Crippen LogP contribution in [0.3, 0.4) is 0 Å². The summed E-state index contributed by atoms with van der Waals surface area (Å²) in [6.45, 7) is 10.6. The van der Waals surface area contributed by atoms with Crippen LogP contribution in [-0.2, 0) is 0 Å². The molecule has 1 aliphatic rings. The van der Waals surface area contributed by atoms with Gasteiger partial charge in [-0.3, -0.25) is 4.90 Å². The molecule has 1 rings (SSSR count). The van der Waals surface area contributed by atoms with Crippen molar-refractivity contribution in [3.63, 3.8) is 0 Å². The van der Waals surface area contributed by atoms with E-state index in [2.05, 4.69) is 32.3 Å². The molecule has 0 aromatic heterocycles. The van der Waals surface area contributed by atoms with E-state index < -0.39 is 0 Å². The Morgan fingerprint density at radius 3 is 2.05 bits per heavy atom. The summed E-state index contributed by atoms with van der Waals surface area (Å²) in [5, 5.41) is 6.25. The second kappa shape index (κ2) is 13.4. The molecule has 0 saturated heterocycles. The standard InChI is InChI=1S/C16H29N.CN/c1-3-5-6-7-8-9-10-11-13-17-14-12-16(4-2)15-17;1-2/h12,14-15H,3-11,13H2,1-2H3;/q;-1/p+1. The van der Waals surface area contributed by atoms with E-state index in [-0.39, 0.29) is 0 Å². The van der Waals surface area contributed by atoms with Gasteiger partial charge in [0.2, 0.25) is 0 Å². The number of unbranched alkanes of at least 4 members (excludes halogenated alkanes) is 7. The van der Waals surface area contributed by atoms with Gasteiger partial charge in [0, 0.05) is 11.6 Å². The monoisotopic (exact) mass is 262 g/mol. The third-order valence-electron chi connectivity index (χ3n) is 3.61. The maximum Gasteiger partial charge on any atom is 0.102 e. The fourth-order valence-electron chi connectivity index (χ4n) is 2.39. The Bertz CT molecular complexity index is 276. The highest BCUT2D eigenvalue weighted by molar-refractivity contribution is 5.17. The van der Waals surface area contributed by atoms with Crippen LogP contribution >= 0.6 is 0 Å². The fourth-order valence-corrected chi connectivity index (χ4v) is 2.39. The van der Waals surface area contributed by atoms with Gasteiger partial charge < -0.3 is 11.8 Å². The number of nitrogens with zero attached hydrogens (tertiary/aromatic N) is 1. The lowest BCUT2D eigenvalue weighted by Gasteiger charge is -2.06. The maximum absolute atomic E-state index is 6.25. The lowest BCUT2D eigenvalue weighted by atomic mass is 10.1. The van der Waals surface area contributed by atoms with Gasteiger partial charge in [-0.1, -0.05) is 52.4 Å². The summed E-state index contributed by atoms with van der Waals surface area (Å²) in [6, 6.07) is 0. The second-order valence-electron chi connectivity index (χ2n) is 5.21. The van der Waals surface area contributed by atoms with E-state index in [0.717, 1.165) is 0 Å². The predicted octanol–water partition coefficient (Wildman–Crippen LogP) is 3.93. The van der Waals surface area contributed by atoms with Crippen LogP contribution in [-0.4, -0.2) is 6.54 Å². The molecule has 1 N–H and O–H groups in total. The van der Waals surface area contributed by atoms with E-state index in [9.17, 15) is 0 Å². The Morgan fingerprint density at radius 1 is 0.947 bits per heavy atom. The molecule has 2 heteroatoms. The van der Waals surface area contributed by atoms with Crippen molar-refractivity contribution >= 4 is 0 Å². The Kier molecular flexibility index (Phi) is 12.6. The molecule has 108 valence electrons. The summed E-state index contributed by atoms with van der Waals surface area (Å²) < 4.78 is 0. The average molecular weight is 262 g/mol. The summed E-state index contributed by atoms with van der Waals surface area (Å²) in [7, 11) is 0. The zero-order chi connectivity index (χ0) is 14.3. The molecule has 0 fully saturated rings. The molecule has 0 bridgehead atoms. The van der Waals surface area contributed by atoms with Crippen LogP contribution in [0, 0.1) is 11.8 Å². The first-order valence-corrected chi connectivity index (χ1v) is 7.83. The van der Waals surface area contributed by atoms with Crippen LogP contribution in [0.4, 0.5) is 0 Å². The van der Waals surface area contributed by atoms with Crippen molar-refractivity contribution in [2.75, 3.05) is 6.54 Å². The van der Waals surface area contributed by atoms with Crippen molar-refractivity contribution in [3.05, 3.63) is 30.6 Å². The van der Waals surface area contributed by atoms with Crippen molar-refractivity contribution in [3.8, 4) is 0 Å². The molecule has 0 aromatic rings. The van der Waals surface area contributed by atoms with E-state index in [1.807, 2.05) is 0 Å². The summed E-state index contributed by atoms with van der Waals surface area (Å²) in [4.78, 5) is 1.55. The number of rotatable bonds is 10. The van der Waals surface area contributed by atoms with Crippen molar-refractivity contribution < 1.29 is 4.90 Å². The van der Waals surface area contributed by atoms with Gasteiger partial charge in [-0.25, -0.2) is 0 Å². The Balaban J connectivity index is 0.00000154. The molecule has 19 heavy (non-hydrogen) atoms.